The Morgan fingerprint density at radius 1 is 1.06 bits per heavy atom. The molecule has 34 heavy (non-hydrogen) atoms. The second-order valence-corrected chi connectivity index (χ2v) is 10.7. The number of carbonyl (C=O) groups excluding carboxylic acids is 1. The van der Waals surface area contributed by atoms with E-state index in [4.69, 9.17) is 4.74 Å². The van der Waals surface area contributed by atoms with E-state index >= 15 is 0 Å². The van der Waals surface area contributed by atoms with Crippen molar-refractivity contribution >= 4 is 5.91 Å². The molecule has 3 heterocycles. The van der Waals surface area contributed by atoms with Gasteiger partial charge in [-0.1, -0.05) is 44.5 Å². The molecule has 1 fully saturated rings. The largest absolute Gasteiger partial charge is 0.492 e. The van der Waals surface area contributed by atoms with Crippen LogP contribution in [0.4, 0.5) is 0 Å². The third-order valence-electron chi connectivity index (χ3n) is 7.49. The highest BCUT2D eigenvalue weighted by Gasteiger charge is 2.37. The average Bonchev–Trinajstić information content (AvgIpc) is 2.82. The molecule has 5 heteroatoms. The fraction of sp³-hybridized carbons (Fsp3) is 0.586. The number of benzene rings is 1. The monoisotopic (exact) mass is 463 g/mol. The van der Waals surface area contributed by atoms with E-state index < -0.39 is 0 Å². The van der Waals surface area contributed by atoms with Crippen molar-refractivity contribution in [1.29, 1.82) is 0 Å². The van der Waals surface area contributed by atoms with Gasteiger partial charge in [0.05, 0.1) is 0 Å². The summed E-state index contributed by atoms with van der Waals surface area (Å²) in [4.78, 5) is 21.7. The first-order valence-electron chi connectivity index (χ1n) is 13.1. The third kappa shape index (κ3) is 6.82. The lowest BCUT2D eigenvalue weighted by Crippen LogP contribution is -2.48. The number of carbonyl (C=O) groups is 1. The minimum atomic E-state index is 0.259. The standard InChI is InChI=1S/C29H41N3O2/c1-24(2)20-28(33)32-16-13-29(14-17-32)12-6-5-10-26-9-3-4-11-27(26)34-19-18-31(23-29)22-25-8-7-15-30-21-25/h3-4,7-9,11,15,21,24H,5-6,10,12-14,16-20,22-23H2,1-2H3. The molecule has 1 amide bonds. The zero-order valence-corrected chi connectivity index (χ0v) is 21.0. The van der Waals surface area contributed by atoms with Crippen LogP contribution in [0.3, 0.4) is 0 Å². The van der Waals surface area contributed by atoms with E-state index in [1.165, 1.54) is 30.4 Å². The van der Waals surface area contributed by atoms with Gasteiger partial charge in [-0.15, -0.1) is 0 Å². The van der Waals surface area contributed by atoms with Crippen molar-refractivity contribution in [3.8, 4) is 5.75 Å². The van der Waals surface area contributed by atoms with Crippen molar-refractivity contribution in [1.82, 2.24) is 14.8 Å². The first-order valence-corrected chi connectivity index (χ1v) is 13.1. The number of para-hydroxylation sites is 1. The van der Waals surface area contributed by atoms with Gasteiger partial charge in [0.1, 0.15) is 12.4 Å². The van der Waals surface area contributed by atoms with Gasteiger partial charge < -0.3 is 9.64 Å². The van der Waals surface area contributed by atoms with Crippen LogP contribution in [0.5, 0.6) is 5.75 Å². The zero-order valence-electron chi connectivity index (χ0n) is 21.0. The minimum absolute atomic E-state index is 0.259. The van der Waals surface area contributed by atoms with E-state index in [-0.39, 0.29) is 5.41 Å². The highest BCUT2D eigenvalue weighted by molar-refractivity contribution is 5.76. The highest BCUT2D eigenvalue weighted by Crippen LogP contribution is 2.39. The number of rotatable bonds is 4. The number of aryl methyl sites for hydroxylation is 1. The molecule has 0 atom stereocenters. The molecule has 2 aliphatic rings. The SMILES string of the molecule is CC(C)CC(=O)N1CCC2(CCCCc3ccccc3OCCN(Cc3cccnc3)C2)CC1. The van der Waals surface area contributed by atoms with Crippen LogP contribution in [0, 0.1) is 11.3 Å². The maximum Gasteiger partial charge on any atom is 0.222 e. The summed E-state index contributed by atoms with van der Waals surface area (Å²) in [5, 5.41) is 0. The first-order chi connectivity index (χ1) is 16.5. The lowest BCUT2D eigenvalue weighted by molar-refractivity contribution is -0.134. The summed E-state index contributed by atoms with van der Waals surface area (Å²) in [7, 11) is 0. The molecule has 184 valence electrons. The van der Waals surface area contributed by atoms with Gasteiger partial charge in [0.2, 0.25) is 5.91 Å². The van der Waals surface area contributed by atoms with Gasteiger partial charge in [-0.25, -0.2) is 0 Å². The average molecular weight is 464 g/mol. The van der Waals surface area contributed by atoms with Gasteiger partial charge in [0.25, 0.3) is 0 Å². The van der Waals surface area contributed by atoms with Crippen LogP contribution in [0.15, 0.2) is 48.8 Å². The number of amides is 1. The lowest BCUT2D eigenvalue weighted by atomic mass is 9.73. The van der Waals surface area contributed by atoms with Crippen LogP contribution >= 0.6 is 0 Å². The molecular weight excluding hydrogens is 422 g/mol. The molecule has 1 aromatic carbocycles. The lowest BCUT2D eigenvalue weighted by Gasteiger charge is -2.45. The smallest absolute Gasteiger partial charge is 0.222 e. The van der Waals surface area contributed by atoms with Gasteiger partial charge in [0.15, 0.2) is 0 Å². The predicted octanol–water partition coefficient (Wildman–Crippen LogP) is 5.34. The number of ether oxygens (including phenoxy) is 1. The number of hydrogen-bond donors (Lipinski definition) is 0. The van der Waals surface area contributed by atoms with Crippen LogP contribution < -0.4 is 4.74 Å². The normalized spacial score (nSPS) is 19.7. The van der Waals surface area contributed by atoms with E-state index in [0.29, 0.717) is 24.9 Å². The maximum atomic E-state index is 12.7. The number of pyridine rings is 1. The summed E-state index contributed by atoms with van der Waals surface area (Å²) in [5.74, 6) is 1.79. The Morgan fingerprint density at radius 2 is 1.88 bits per heavy atom. The van der Waals surface area contributed by atoms with Gasteiger partial charge in [-0.3, -0.25) is 14.7 Å². The minimum Gasteiger partial charge on any atom is -0.492 e. The highest BCUT2D eigenvalue weighted by atomic mass is 16.5. The summed E-state index contributed by atoms with van der Waals surface area (Å²) in [6.07, 6.45) is 11.4. The van der Waals surface area contributed by atoms with Crippen LogP contribution in [0.2, 0.25) is 0 Å². The van der Waals surface area contributed by atoms with Crippen molar-refractivity contribution in [3.63, 3.8) is 0 Å². The molecule has 0 aliphatic carbocycles. The third-order valence-corrected chi connectivity index (χ3v) is 7.49. The summed E-state index contributed by atoms with van der Waals surface area (Å²) in [5.41, 5.74) is 2.83. The molecule has 1 spiro atoms. The maximum absolute atomic E-state index is 12.7. The fourth-order valence-corrected chi connectivity index (χ4v) is 5.59. The predicted molar refractivity (Wildman–Crippen MR) is 137 cm³/mol. The van der Waals surface area contributed by atoms with Crippen molar-refractivity contribution in [2.24, 2.45) is 11.3 Å². The first kappa shape index (κ1) is 24.7. The molecule has 5 nitrogen and oxygen atoms in total. The summed E-state index contributed by atoms with van der Waals surface area (Å²) >= 11 is 0. The number of hydrogen-bond acceptors (Lipinski definition) is 4. The molecule has 4 rings (SSSR count). The fourth-order valence-electron chi connectivity index (χ4n) is 5.59. The van der Waals surface area contributed by atoms with Gasteiger partial charge >= 0.3 is 0 Å². The van der Waals surface area contributed by atoms with Crippen LogP contribution in [0.25, 0.3) is 0 Å². The van der Waals surface area contributed by atoms with E-state index in [1.807, 2.05) is 18.5 Å². The van der Waals surface area contributed by atoms with Gasteiger partial charge in [0, 0.05) is 51.5 Å². The number of fused-ring (bicyclic) bond motifs is 1. The van der Waals surface area contributed by atoms with E-state index in [1.54, 1.807) is 0 Å². The van der Waals surface area contributed by atoms with E-state index in [0.717, 1.165) is 57.7 Å². The molecule has 2 aliphatic heterocycles. The molecule has 0 bridgehead atoms. The Balaban J connectivity index is 1.49. The summed E-state index contributed by atoms with van der Waals surface area (Å²) in [6, 6.07) is 12.7. The summed E-state index contributed by atoms with van der Waals surface area (Å²) < 4.78 is 6.28. The Hall–Kier alpha value is -2.40. The molecular formula is C29H41N3O2. The topological polar surface area (TPSA) is 45.7 Å². The molecule has 0 radical (unpaired) electrons. The molecule has 0 N–H and O–H groups in total. The van der Waals surface area contributed by atoms with Crippen LogP contribution in [-0.4, -0.2) is 53.5 Å². The number of piperidine rings is 1. The van der Waals surface area contributed by atoms with Crippen molar-refractivity contribution in [3.05, 3.63) is 59.9 Å². The number of nitrogens with zero attached hydrogens (tertiary/aromatic N) is 3. The Bertz CT molecular complexity index is 907. The summed E-state index contributed by atoms with van der Waals surface area (Å²) in [6.45, 7) is 9.57. The second-order valence-electron chi connectivity index (χ2n) is 10.7. The van der Waals surface area contributed by atoms with Crippen molar-refractivity contribution in [2.45, 2.75) is 65.3 Å². The van der Waals surface area contributed by atoms with Crippen molar-refractivity contribution in [2.75, 3.05) is 32.8 Å². The molecule has 1 saturated heterocycles. The quantitative estimate of drug-likeness (QED) is 0.614. The molecule has 1 aromatic heterocycles. The number of aromatic nitrogens is 1. The van der Waals surface area contributed by atoms with E-state index in [9.17, 15) is 4.79 Å². The van der Waals surface area contributed by atoms with E-state index in [2.05, 4.69) is 59.0 Å². The Kier molecular flexibility index (Phi) is 8.60. The zero-order chi connectivity index (χ0) is 23.8. The van der Waals surface area contributed by atoms with Gasteiger partial charge in [-0.05, 0) is 66.7 Å². The van der Waals surface area contributed by atoms with Crippen LogP contribution in [-0.2, 0) is 17.8 Å². The molecule has 0 unspecified atom stereocenters. The molecule has 2 aromatic rings. The molecule has 0 saturated carbocycles. The number of likely N-dealkylation sites (tertiary alicyclic amines) is 1. The Morgan fingerprint density at radius 3 is 2.65 bits per heavy atom. The van der Waals surface area contributed by atoms with Crippen molar-refractivity contribution < 1.29 is 9.53 Å². The second kappa shape index (κ2) is 11.8. The van der Waals surface area contributed by atoms with Gasteiger partial charge in [-0.2, -0.15) is 0 Å². The van der Waals surface area contributed by atoms with Crippen LogP contribution in [0.1, 0.15) is 63.5 Å². The Labute approximate surface area is 205 Å².